The highest BCUT2D eigenvalue weighted by Crippen LogP contribution is 2.37. The maximum absolute atomic E-state index is 12.2. The first-order valence-electron chi connectivity index (χ1n) is 6.53. The van der Waals surface area contributed by atoms with Crippen molar-refractivity contribution in [3.8, 4) is 0 Å². The fourth-order valence-corrected chi connectivity index (χ4v) is 3.91. The third-order valence-corrected chi connectivity index (χ3v) is 4.79. The molecule has 6 heteroatoms. The predicted molar refractivity (Wildman–Crippen MR) is 68.3 cm³/mol. The molecule has 2 heterocycles. The van der Waals surface area contributed by atoms with Crippen LogP contribution in [0, 0.1) is 0 Å². The topological polar surface area (TPSA) is 41.5 Å². The maximum atomic E-state index is 12.2. The van der Waals surface area contributed by atoms with Gasteiger partial charge in [0.05, 0.1) is 5.60 Å². The van der Waals surface area contributed by atoms with Gasteiger partial charge < -0.3 is 15.2 Å². The van der Waals surface area contributed by atoms with E-state index in [0.717, 1.165) is 37.2 Å². The largest absolute Gasteiger partial charge is 0.386 e. The molecule has 2 rings (SSSR count). The summed E-state index contributed by atoms with van der Waals surface area (Å²) < 4.78 is 30.4. The van der Waals surface area contributed by atoms with Gasteiger partial charge in [-0.15, -0.1) is 0 Å². The van der Waals surface area contributed by atoms with E-state index >= 15 is 0 Å². The number of thioether (sulfide) groups is 1. The number of ether oxygens (including phenoxy) is 1. The molecule has 0 radical (unpaired) electrons. The minimum atomic E-state index is -2.67. The Morgan fingerprint density at radius 1 is 1.39 bits per heavy atom. The number of halogens is 2. The summed E-state index contributed by atoms with van der Waals surface area (Å²) in [6.45, 7) is 0.653. The van der Waals surface area contributed by atoms with E-state index in [1.54, 1.807) is 0 Å². The fraction of sp³-hybridized carbons (Fsp3) is 1.00. The van der Waals surface area contributed by atoms with Crippen LogP contribution < -0.4 is 5.32 Å². The van der Waals surface area contributed by atoms with Gasteiger partial charge in [0.15, 0.2) is 0 Å². The number of rotatable bonds is 4. The van der Waals surface area contributed by atoms with E-state index in [-0.39, 0.29) is 18.2 Å². The van der Waals surface area contributed by atoms with Crippen molar-refractivity contribution < 1.29 is 18.6 Å². The van der Waals surface area contributed by atoms with Gasteiger partial charge in [-0.25, -0.2) is 8.78 Å². The molecular weight excluding hydrogens is 260 g/mol. The van der Waals surface area contributed by atoms with Crippen LogP contribution in [-0.2, 0) is 4.74 Å². The summed E-state index contributed by atoms with van der Waals surface area (Å²) in [7, 11) is 0. The fourth-order valence-electron chi connectivity index (χ4n) is 2.67. The molecule has 0 aromatic heterocycles. The van der Waals surface area contributed by atoms with Crippen molar-refractivity contribution in [3.63, 3.8) is 0 Å². The van der Waals surface area contributed by atoms with Gasteiger partial charge in [0.1, 0.15) is 6.10 Å². The third-order valence-electron chi connectivity index (χ3n) is 3.80. The number of hydrogen-bond donors (Lipinski definition) is 2. The Hall–Kier alpha value is 0.0900. The second-order valence-corrected chi connectivity index (χ2v) is 6.37. The molecular formula is C12H21F2NO2S. The van der Waals surface area contributed by atoms with Crippen LogP contribution >= 0.6 is 11.8 Å². The highest BCUT2D eigenvalue weighted by atomic mass is 32.2. The molecule has 0 aromatic carbocycles. The Morgan fingerprint density at radius 3 is 2.78 bits per heavy atom. The zero-order valence-corrected chi connectivity index (χ0v) is 11.2. The van der Waals surface area contributed by atoms with Gasteiger partial charge >= 0.3 is 0 Å². The van der Waals surface area contributed by atoms with Crippen LogP contribution in [0.1, 0.15) is 25.7 Å². The lowest BCUT2D eigenvalue weighted by molar-refractivity contribution is -0.0951. The van der Waals surface area contributed by atoms with Gasteiger partial charge in [-0.3, -0.25) is 0 Å². The molecule has 2 aliphatic heterocycles. The van der Waals surface area contributed by atoms with Crippen LogP contribution in [0.25, 0.3) is 0 Å². The van der Waals surface area contributed by atoms with Crippen molar-refractivity contribution in [2.24, 2.45) is 0 Å². The first kappa shape index (κ1) is 14.5. The molecule has 0 aliphatic carbocycles. The Balaban J connectivity index is 1.79. The molecule has 2 unspecified atom stereocenters. The van der Waals surface area contributed by atoms with E-state index in [0.29, 0.717) is 6.61 Å². The zero-order valence-electron chi connectivity index (χ0n) is 10.4. The Morgan fingerprint density at radius 2 is 2.11 bits per heavy atom. The van der Waals surface area contributed by atoms with Crippen molar-refractivity contribution in [2.75, 3.05) is 24.7 Å². The van der Waals surface area contributed by atoms with Crippen molar-refractivity contribution >= 4 is 11.8 Å². The van der Waals surface area contributed by atoms with Gasteiger partial charge in [-0.05, 0) is 37.2 Å². The van der Waals surface area contributed by atoms with Crippen LogP contribution in [0.4, 0.5) is 8.78 Å². The number of hydrogen-bond acceptors (Lipinski definition) is 4. The highest BCUT2D eigenvalue weighted by molar-refractivity contribution is 7.99. The van der Waals surface area contributed by atoms with Gasteiger partial charge in [-0.1, -0.05) is 0 Å². The van der Waals surface area contributed by atoms with Crippen molar-refractivity contribution in [2.45, 2.75) is 49.9 Å². The average molecular weight is 281 g/mol. The maximum Gasteiger partial charge on any atom is 0.265 e. The second-order valence-electron chi connectivity index (χ2n) is 5.14. The molecule has 0 amide bonds. The molecule has 18 heavy (non-hydrogen) atoms. The number of nitrogens with one attached hydrogen (secondary N) is 1. The minimum absolute atomic E-state index is 0.0346. The van der Waals surface area contributed by atoms with E-state index in [2.05, 4.69) is 5.32 Å². The lowest BCUT2D eigenvalue weighted by Crippen LogP contribution is -2.50. The monoisotopic (exact) mass is 281 g/mol. The van der Waals surface area contributed by atoms with Crippen molar-refractivity contribution in [1.29, 1.82) is 0 Å². The minimum Gasteiger partial charge on any atom is -0.386 e. The third kappa shape index (κ3) is 3.79. The smallest absolute Gasteiger partial charge is 0.265 e. The van der Waals surface area contributed by atoms with Gasteiger partial charge in [-0.2, -0.15) is 11.8 Å². The normalized spacial score (nSPS) is 29.7. The molecule has 0 aromatic rings. The summed E-state index contributed by atoms with van der Waals surface area (Å²) in [4.78, 5) is 0. The number of aliphatic hydroxyl groups is 1. The summed E-state index contributed by atoms with van der Waals surface area (Å²) >= 11 is 1.95. The number of aliphatic hydroxyl groups excluding tert-OH is 1. The summed E-state index contributed by atoms with van der Waals surface area (Å²) in [6, 6.07) is 0.190. The quantitative estimate of drug-likeness (QED) is 0.822. The Kier molecular flexibility index (Phi) is 5.24. The summed E-state index contributed by atoms with van der Waals surface area (Å²) in [5, 5.41) is 12.2. The molecule has 2 saturated heterocycles. The Labute approximate surface area is 111 Å². The van der Waals surface area contributed by atoms with Crippen molar-refractivity contribution in [3.05, 3.63) is 0 Å². The van der Waals surface area contributed by atoms with E-state index in [1.807, 2.05) is 11.8 Å². The second kappa shape index (κ2) is 6.50. The first-order valence-corrected chi connectivity index (χ1v) is 7.68. The van der Waals surface area contributed by atoms with E-state index in [4.69, 9.17) is 9.84 Å². The van der Waals surface area contributed by atoms with Gasteiger partial charge in [0, 0.05) is 19.2 Å². The predicted octanol–water partition coefficient (Wildman–Crippen LogP) is 1.65. The van der Waals surface area contributed by atoms with E-state index < -0.39 is 12.5 Å². The first-order chi connectivity index (χ1) is 8.61. The molecule has 2 aliphatic rings. The molecule has 3 nitrogen and oxygen atoms in total. The SMILES string of the molecule is OC(CNC1CCOC2(CCSCC2)C1)C(F)F. The van der Waals surface area contributed by atoms with Gasteiger partial charge in [0.25, 0.3) is 6.43 Å². The Bertz CT molecular complexity index is 257. The van der Waals surface area contributed by atoms with Gasteiger partial charge in [0.2, 0.25) is 0 Å². The molecule has 0 bridgehead atoms. The lowest BCUT2D eigenvalue weighted by atomic mass is 9.85. The molecule has 1 spiro atoms. The van der Waals surface area contributed by atoms with Crippen LogP contribution in [0.2, 0.25) is 0 Å². The average Bonchev–Trinajstić information content (AvgIpc) is 2.37. The lowest BCUT2D eigenvalue weighted by Gasteiger charge is -2.43. The zero-order chi connectivity index (χ0) is 13.0. The summed E-state index contributed by atoms with van der Waals surface area (Å²) in [5.41, 5.74) is -0.0447. The molecule has 0 saturated carbocycles. The molecule has 106 valence electrons. The summed E-state index contributed by atoms with van der Waals surface area (Å²) in [5.74, 6) is 2.23. The standard InChI is InChI=1S/C12H21F2NO2S/c13-11(14)10(16)8-15-9-1-4-17-12(7-9)2-5-18-6-3-12/h9-11,15-16H,1-8H2. The van der Waals surface area contributed by atoms with E-state index in [1.165, 1.54) is 0 Å². The molecule has 2 fully saturated rings. The van der Waals surface area contributed by atoms with Crippen LogP contribution in [0.15, 0.2) is 0 Å². The highest BCUT2D eigenvalue weighted by Gasteiger charge is 2.38. The molecule has 2 atom stereocenters. The summed E-state index contributed by atoms with van der Waals surface area (Å²) in [6.07, 6.45) is -0.419. The van der Waals surface area contributed by atoms with Crippen LogP contribution in [-0.4, -0.2) is 53.9 Å². The number of alkyl halides is 2. The van der Waals surface area contributed by atoms with Crippen LogP contribution in [0.5, 0.6) is 0 Å². The van der Waals surface area contributed by atoms with Crippen molar-refractivity contribution in [1.82, 2.24) is 5.32 Å². The van der Waals surface area contributed by atoms with E-state index in [9.17, 15) is 8.78 Å². The van der Waals surface area contributed by atoms with Crippen LogP contribution in [0.3, 0.4) is 0 Å². The molecule has 2 N–H and O–H groups in total.